The van der Waals surface area contributed by atoms with Gasteiger partial charge in [0, 0.05) is 16.8 Å². The molecule has 0 amide bonds. The van der Waals surface area contributed by atoms with Crippen molar-refractivity contribution in [1.82, 2.24) is 9.97 Å². The minimum atomic E-state index is 0.139. The molecule has 0 spiro atoms. The molecule has 0 fully saturated rings. The lowest BCUT2D eigenvalue weighted by atomic mass is 10.1. The van der Waals surface area contributed by atoms with Crippen molar-refractivity contribution in [3.63, 3.8) is 0 Å². The van der Waals surface area contributed by atoms with Crippen LogP contribution >= 0.6 is 46.4 Å². The van der Waals surface area contributed by atoms with Crippen LogP contribution in [0.4, 0.5) is 0 Å². The van der Waals surface area contributed by atoms with Crippen LogP contribution in [0.25, 0.3) is 11.3 Å². The van der Waals surface area contributed by atoms with Gasteiger partial charge in [0.25, 0.3) is 0 Å². The summed E-state index contributed by atoms with van der Waals surface area (Å²) < 4.78 is 0. The highest BCUT2D eigenvalue weighted by atomic mass is 35.5. The Hall–Kier alpha value is -0.540. The molecule has 0 aliphatic rings. The molecule has 0 aliphatic carbocycles. The minimum absolute atomic E-state index is 0.139. The van der Waals surface area contributed by atoms with Gasteiger partial charge in [0.15, 0.2) is 0 Å². The van der Waals surface area contributed by atoms with E-state index in [-0.39, 0.29) is 5.28 Å². The number of aromatic nitrogens is 2. The lowest BCUT2D eigenvalue weighted by Gasteiger charge is -2.06. The van der Waals surface area contributed by atoms with E-state index in [1.54, 1.807) is 18.2 Å². The average Bonchev–Trinajstić information content (AvgIpc) is 2.15. The second-order valence-electron chi connectivity index (χ2n) is 2.96. The van der Waals surface area contributed by atoms with Gasteiger partial charge in [0.1, 0.15) is 0 Å². The van der Waals surface area contributed by atoms with Crippen molar-refractivity contribution >= 4 is 46.4 Å². The molecular formula is C10H4Cl4N2. The van der Waals surface area contributed by atoms with E-state index in [9.17, 15) is 0 Å². The first-order valence-electron chi connectivity index (χ1n) is 4.21. The van der Waals surface area contributed by atoms with Gasteiger partial charge in [-0.15, -0.1) is 0 Å². The molecule has 2 aromatic rings. The van der Waals surface area contributed by atoms with Gasteiger partial charge in [-0.1, -0.05) is 34.8 Å². The number of hydrogen-bond acceptors (Lipinski definition) is 2. The largest absolute Gasteiger partial charge is 0.226 e. The van der Waals surface area contributed by atoms with Crippen LogP contribution in [-0.2, 0) is 0 Å². The van der Waals surface area contributed by atoms with Crippen LogP contribution < -0.4 is 0 Å². The van der Waals surface area contributed by atoms with Gasteiger partial charge in [-0.3, -0.25) is 0 Å². The lowest BCUT2D eigenvalue weighted by molar-refractivity contribution is 1.17. The highest BCUT2D eigenvalue weighted by molar-refractivity contribution is 6.41. The molecule has 0 unspecified atom stereocenters. The SMILES string of the molecule is Clc1cc(Cl)c(-c2ccnc(Cl)n2)c(Cl)c1. The fraction of sp³-hybridized carbons (Fsp3) is 0. The van der Waals surface area contributed by atoms with E-state index >= 15 is 0 Å². The minimum Gasteiger partial charge on any atom is -0.226 e. The summed E-state index contributed by atoms with van der Waals surface area (Å²) >= 11 is 23.6. The monoisotopic (exact) mass is 292 g/mol. The molecule has 6 heteroatoms. The van der Waals surface area contributed by atoms with E-state index in [4.69, 9.17) is 46.4 Å². The zero-order valence-corrected chi connectivity index (χ0v) is 10.7. The van der Waals surface area contributed by atoms with Crippen molar-refractivity contribution in [2.75, 3.05) is 0 Å². The van der Waals surface area contributed by atoms with Gasteiger partial charge in [-0.25, -0.2) is 9.97 Å². The molecule has 1 aromatic carbocycles. The van der Waals surface area contributed by atoms with Crippen LogP contribution in [0.1, 0.15) is 0 Å². The van der Waals surface area contributed by atoms with Crippen LogP contribution in [-0.4, -0.2) is 9.97 Å². The fourth-order valence-corrected chi connectivity index (χ4v) is 2.42. The van der Waals surface area contributed by atoms with Crippen LogP contribution in [0.5, 0.6) is 0 Å². The Labute approximate surface area is 112 Å². The Morgan fingerprint density at radius 1 is 0.938 bits per heavy atom. The Bertz CT molecular complexity index is 519. The van der Waals surface area contributed by atoms with Crippen molar-refractivity contribution in [2.24, 2.45) is 0 Å². The summed E-state index contributed by atoms with van der Waals surface area (Å²) in [4.78, 5) is 7.82. The van der Waals surface area contributed by atoms with Crippen molar-refractivity contribution in [2.45, 2.75) is 0 Å². The van der Waals surface area contributed by atoms with E-state index in [0.717, 1.165) is 0 Å². The topological polar surface area (TPSA) is 25.8 Å². The van der Waals surface area contributed by atoms with Crippen molar-refractivity contribution in [3.8, 4) is 11.3 Å². The molecule has 1 aromatic heterocycles. The highest BCUT2D eigenvalue weighted by Gasteiger charge is 2.11. The van der Waals surface area contributed by atoms with Crippen molar-refractivity contribution in [3.05, 3.63) is 44.7 Å². The molecule has 0 atom stereocenters. The van der Waals surface area contributed by atoms with Gasteiger partial charge >= 0.3 is 0 Å². The molecule has 82 valence electrons. The molecule has 0 aliphatic heterocycles. The molecule has 16 heavy (non-hydrogen) atoms. The Balaban J connectivity index is 2.64. The van der Waals surface area contributed by atoms with Gasteiger partial charge in [-0.2, -0.15) is 0 Å². The molecular weight excluding hydrogens is 290 g/mol. The van der Waals surface area contributed by atoms with E-state index in [1.807, 2.05) is 0 Å². The summed E-state index contributed by atoms with van der Waals surface area (Å²) in [6.45, 7) is 0. The number of benzene rings is 1. The first-order chi connectivity index (χ1) is 7.58. The van der Waals surface area contributed by atoms with E-state index < -0.39 is 0 Å². The molecule has 0 saturated heterocycles. The third-order valence-electron chi connectivity index (χ3n) is 1.89. The maximum atomic E-state index is 6.05. The summed E-state index contributed by atoms with van der Waals surface area (Å²) in [5.41, 5.74) is 1.16. The van der Waals surface area contributed by atoms with Gasteiger partial charge in [-0.05, 0) is 29.8 Å². The molecule has 2 nitrogen and oxygen atoms in total. The number of hydrogen-bond donors (Lipinski definition) is 0. The Morgan fingerprint density at radius 3 is 2.12 bits per heavy atom. The molecule has 0 bridgehead atoms. The molecule has 1 heterocycles. The summed E-state index contributed by atoms with van der Waals surface area (Å²) in [6, 6.07) is 4.87. The smallest absolute Gasteiger partial charge is 0.222 e. The first kappa shape index (κ1) is 11.9. The first-order valence-corrected chi connectivity index (χ1v) is 5.72. The normalized spacial score (nSPS) is 10.5. The summed E-state index contributed by atoms with van der Waals surface area (Å²) in [6.07, 6.45) is 1.53. The summed E-state index contributed by atoms with van der Waals surface area (Å²) in [5, 5.41) is 1.46. The fourth-order valence-electron chi connectivity index (χ4n) is 1.26. The maximum Gasteiger partial charge on any atom is 0.222 e. The van der Waals surface area contributed by atoms with E-state index in [1.165, 1.54) is 6.20 Å². The zero-order chi connectivity index (χ0) is 11.7. The highest BCUT2D eigenvalue weighted by Crippen LogP contribution is 2.36. The van der Waals surface area contributed by atoms with Crippen LogP contribution in [0, 0.1) is 0 Å². The summed E-state index contributed by atoms with van der Waals surface area (Å²) in [5.74, 6) is 0. The number of nitrogens with zero attached hydrogens (tertiary/aromatic N) is 2. The third-order valence-corrected chi connectivity index (χ3v) is 2.89. The summed E-state index contributed by atoms with van der Waals surface area (Å²) in [7, 11) is 0. The quantitative estimate of drug-likeness (QED) is 0.709. The second kappa shape index (κ2) is 4.76. The van der Waals surface area contributed by atoms with Crippen LogP contribution in [0.2, 0.25) is 20.4 Å². The lowest BCUT2D eigenvalue weighted by Crippen LogP contribution is -1.88. The molecule has 0 radical (unpaired) electrons. The van der Waals surface area contributed by atoms with Gasteiger partial charge in [0.2, 0.25) is 5.28 Å². The van der Waals surface area contributed by atoms with Gasteiger partial charge < -0.3 is 0 Å². The molecule has 0 N–H and O–H groups in total. The van der Waals surface area contributed by atoms with E-state index in [2.05, 4.69) is 9.97 Å². The maximum absolute atomic E-state index is 6.05. The number of halogens is 4. The van der Waals surface area contributed by atoms with Crippen molar-refractivity contribution < 1.29 is 0 Å². The van der Waals surface area contributed by atoms with Crippen LogP contribution in [0.3, 0.4) is 0 Å². The average molecular weight is 294 g/mol. The standard InChI is InChI=1S/C10H4Cl4N2/c11-5-3-6(12)9(7(13)4-5)8-1-2-15-10(14)16-8/h1-4H. The predicted molar refractivity (Wildman–Crippen MR) is 67.5 cm³/mol. The Kier molecular flexibility index (Phi) is 3.55. The zero-order valence-electron chi connectivity index (χ0n) is 7.72. The van der Waals surface area contributed by atoms with Crippen LogP contribution in [0.15, 0.2) is 24.4 Å². The molecule has 0 saturated carbocycles. The van der Waals surface area contributed by atoms with Gasteiger partial charge in [0.05, 0.1) is 15.7 Å². The Morgan fingerprint density at radius 2 is 1.56 bits per heavy atom. The molecule has 2 rings (SSSR count). The number of rotatable bonds is 1. The predicted octanol–water partition coefficient (Wildman–Crippen LogP) is 4.76. The second-order valence-corrected chi connectivity index (χ2v) is 4.54. The van der Waals surface area contributed by atoms with E-state index in [0.29, 0.717) is 26.3 Å². The van der Waals surface area contributed by atoms with Crippen molar-refractivity contribution in [1.29, 1.82) is 0 Å². The third kappa shape index (κ3) is 2.41.